The van der Waals surface area contributed by atoms with Gasteiger partial charge in [0.1, 0.15) is 0 Å². The maximum absolute atomic E-state index is 11.9. The van der Waals surface area contributed by atoms with Crippen molar-refractivity contribution in [1.82, 2.24) is 4.57 Å². The number of carbonyl (C=O) groups excluding carboxylic acids is 1. The number of rotatable bonds is 6. The van der Waals surface area contributed by atoms with Crippen molar-refractivity contribution in [2.45, 2.75) is 25.7 Å². The van der Waals surface area contributed by atoms with E-state index in [1.165, 1.54) is 0 Å². The SMILES string of the molecule is CCOC(=O)c1ccc(-n2c(C)cc(C=Nc3ccccc3SC)c2C)cc1. The molecule has 0 aliphatic carbocycles. The van der Waals surface area contributed by atoms with E-state index in [0.717, 1.165) is 33.2 Å². The Balaban J connectivity index is 1.90. The van der Waals surface area contributed by atoms with E-state index in [4.69, 9.17) is 9.73 Å². The zero-order valence-electron chi connectivity index (χ0n) is 16.6. The second-order valence-electron chi connectivity index (χ2n) is 6.36. The molecule has 0 radical (unpaired) electrons. The first kappa shape index (κ1) is 20.0. The molecule has 0 fully saturated rings. The number of aliphatic imine (C=N–C) groups is 1. The molecule has 0 aliphatic rings. The van der Waals surface area contributed by atoms with Crippen LogP contribution in [-0.4, -0.2) is 29.6 Å². The van der Waals surface area contributed by atoms with Crippen LogP contribution in [0, 0.1) is 13.8 Å². The molecule has 3 aromatic rings. The van der Waals surface area contributed by atoms with Gasteiger partial charge >= 0.3 is 5.97 Å². The standard InChI is InChI=1S/C23H24N2O2S/c1-5-27-23(26)18-10-12-20(13-11-18)25-16(2)14-19(17(25)3)15-24-21-8-6-7-9-22(21)28-4/h6-15H,5H2,1-4H3. The quantitative estimate of drug-likeness (QED) is 0.305. The molecule has 0 atom stereocenters. The number of carbonyl (C=O) groups is 1. The minimum Gasteiger partial charge on any atom is -0.462 e. The highest BCUT2D eigenvalue weighted by molar-refractivity contribution is 7.98. The average molecular weight is 393 g/mol. The molecule has 4 nitrogen and oxygen atoms in total. The first-order valence-electron chi connectivity index (χ1n) is 9.18. The minimum atomic E-state index is -0.296. The van der Waals surface area contributed by atoms with E-state index in [0.29, 0.717) is 12.2 Å². The maximum atomic E-state index is 11.9. The van der Waals surface area contributed by atoms with Crippen molar-refractivity contribution in [3.8, 4) is 5.69 Å². The summed E-state index contributed by atoms with van der Waals surface area (Å²) in [5.74, 6) is -0.296. The van der Waals surface area contributed by atoms with Crippen LogP contribution in [0.5, 0.6) is 0 Å². The van der Waals surface area contributed by atoms with E-state index in [2.05, 4.69) is 36.8 Å². The molecule has 0 N–H and O–H groups in total. The number of hydrogen-bond donors (Lipinski definition) is 0. The Morgan fingerprint density at radius 1 is 1.14 bits per heavy atom. The molecule has 1 aromatic heterocycles. The van der Waals surface area contributed by atoms with E-state index < -0.39 is 0 Å². The molecule has 0 unspecified atom stereocenters. The Kier molecular flexibility index (Phi) is 6.37. The summed E-state index contributed by atoms with van der Waals surface area (Å²) >= 11 is 1.69. The lowest BCUT2D eigenvalue weighted by molar-refractivity contribution is 0.0526. The van der Waals surface area contributed by atoms with Gasteiger partial charge in [-0.2, -0.15) is 0 Å². The van der Waals surface area contributed by atoms with Gasteiger partial charge in [-0.15, -0.1) is 11.8 Å². The van der Waals surface area contributed by atoms with Gasteiger partial charge in [0.2, 0.25) is 0 Å². The van der Waals surface area contributed by atoms with E-state index in [-0.39, 0.29) is 5.97 Å². The van der Waals surface area contributed by atoms with E-state index in [1.807, 2.05) is 36.5 Å². The fourth-order valence-electron chi connectivity index (χ4n) is 3.15. The number of para-hydroxylation sites is 1. The Hall–Kier alpha value is -2.79. The molecule has 0 saturated carbocycles. The summed E-state index contributed by atoms with van der Waals surface area (Å²) in [6, 6.07) is 17.7. The Morgan fingerprint density at radius 3 is 2.54 bits per heavy atom. The number of hydrogen-bond acceptors (Lipinski definition) is 4. The topological polar surface area (TPSA) is 43.6 Å². The first-order chi connectivity index (χ1) is 13.5. The van der Waals surface area contributed by atoms with Gasteiger partial charge in [-0.25, -0.2) is 4.79 Å². The molecule has 0 aliphatic heterocycles. The van der Waals surface area contributed by atoms with Crippen LogP contribution >= 0.6 is 11.8 Å². The number of aromatic nitrogens is 1. The van der Waals surface area contributed by atoms with E-state index >= 15 is 0 Å². The maximum Gasteiger partial charge on any atom is 0.338 e. The summed E-state index contributed by atoms with van der Waals surface area (Å²) in [6.07, 6.45) is 3.97. The fraction of sp³-hybridized carbons (Fsp3) is 0.217. The molecule has 1 heterocycles. The van der Waals surface area contributed by atoms with Gasteiger partial charge in [0, 0.05) is 33.7 Å². The molecule has 3 rings (SSSR count). The largest absolute Gasteiger partial charge is 0.462 e. The lowest BCUT2D eigenvalue weighted by atomic mass is 10.2. The van der Waals surface area contributed by atoms with Crippen LogP contribution in [0.25, 0.3) is 5.69 Å². The highest BCUT2D eigenvalue weighted by Crippen LogP contribution is 2.28. The van der Waals surface area contributed by atoms with Gasteiger partial charge in [-0.1, -0.05) is 12.1 Å². The zero-order chi connectivity index (χ0) is 20.1. The second kappa shape index (κ2) is 8.93. The highest BCUT2D eigenvalue weighted by Gasteiger charge is 2.11. The number of nitrogens with zero attached hydrogens (tertiary/aromatic N) is 2. The average Bonchev–Trinajstić information content (AvgIpc) is 3.00. The molecule has 0 saturated heterocycles. The van der Waals surface area contributed by atoms with Crippen molar-refractivity contribution >= 4 is 29.6 Å². The van der Waals surface area contributed by atoms with Gasteiger partial charge in [-0.3, -0.25) is 4.99 Å². The van der Waals surface area contributed by atoms with Gasteiger partial charge in [0.25, 0.3) is 0 Å². The third-order valence-corrected chi connectivity index (χ3v) is 5.32. The summed E-state index contributed by atoms with van der Waals surface area (Å²) in [5, 5.41) is 0. The smallest absolute Gasteiger partial charge is 0.338 e. The van der Waals surface area contributed by atoms with Crippen LogP contribution in [0.2, 0.25) is 0 Å². The van der Waals surface area contributed by atoms with Crippen LogP contribution in [0.15, 0.2) is 64.5 Å². The van der Waals surface area contributed by atoms with Gasteiger partial charge in [0.15, 0.2) is 0 Å². The van der Waals surface area contributed by atoms with Crippen LogP contribution in [0.4, 0.5) is 5.69 Å². The predicted octanol–water partition coefficient (Wildman–Crippen LogP) is 5.74. The third-order valence-electron chi connectivity index (χ3n) is 4.53. The normalized spacial score (nSPS) is 11.1. The molecule has 2 aromatic carbocycles. The zero-order valence-corrected chi connectivity index (χ0v) is 17.4. The van der Waals surface area contributed by atoms with E-state index in [9.17, 15) is 4.79 Å². The van der Waals surface area contributed by atoms with Crippen molar-refractivity contribution in [2.24, 2.45) is 4.99 Å². The number of benzene rings is 2. The molecular formula is C23H24N2O2S. The lowest BCUT2D eigenvalue weighted by Crippen LogP contribution is -2.05. The van der Waals surface area contributed by atoms with Crippen LogP contribution in [0.1, 0.15) is 34.2 Å². The molecule has 144 valence electrons. The highest BCUT2D eigenvalue weighted by atomic mass is 32.2. The van der Waals surface area contributed by atoms with Crippen LogP contribution < -0.4 is 0 Å². The number of aryl methyl sites for hydroxylation is 1. The summed E-state index contributed by atoms with van der Waals surface area (Å²) in [6.45, 7) is 6.33. The predicted molar refractivity (Wildman–Crippen MR) is 117 cm³/mol. The number of esters is 1. The summed E-state index contributed by atoms with van der Waals surface area (Å²) < 4.78 is 7.22. The van der Waals surface area contributed by atoms with E-state index in [1.54, 1.807) is 30.8 Å². The molecule has 5 heteroatoms. The Morgan fingerprint density at radius 2 is 1.86 bits per heavy atom. The van der Waals surface area contributed by atoms with Gasteiger partial charge < -0.3 is 9.30 Å². The first-order valence-corrected chi connectivity index (χ1v) is 10.4. The van der Waals surface area contributed by atoms with Crippen molar-refractivity contribution < 1.29 is 9.53 Å². The fourth-order valence-corrected chi connectivity index (χ4v) is 3.70. The van der Waals surface area contributed by atoms with Crippen LogP contribution in [0.3, 0.4) is 0 Å². The lowest BCUT2D eigenvalue weighted by Gasteiger charge is -2.10. The van der Waals surface area contributed by atoms with Crippen molar-refractivity contribution in [2.75, 3.05) is 12.9 Å². The molecule has 0 spiro atoms. The molecule has 0 amide bonds. The second-order valence-corrected chi connectivity index (χ2v) is 7.21. The molecule has 28 heavy (non-hydrogen) atoms. The van der Waals surface area contributed by atoms with Crippen molar-refractivity contribution in [3.05, 3.63) is 77.1 Å². The third kappa shape index (κ3) is 4.20. The van der Waals surface area contributed by atoms with Gasteiger partial charge in [0.05, 0.1) is 17.9 Å². The monoisotopic (exact) mass is 392 g/mol. The number of ether oxygens (including phenoxy) is 1. The molecule has 0 bridgehead atoms. The molecular weight excluding hydrogens is 368 g/mol. The van der Waals surface area contributed by atoms with Crippen LogP contribution in [-0.2, 0) is 4.74 Å². The Bertz CT molecular complexity index is 1000. The van der Waals surface area contributed by atoms with Crippen molar-refractivity contribution in [3.63, 3.8) is 0 Å². The van der Waals surface area contributed by atoms with Gasteiger partial charge in [-0.05, 0) is 69.5 Å². The number of thioether (sulfide) groups is 1. The summed E-state index contributed by atoms with van der Waals surface area (Å²) in [4.78, 5) is 17.7. The Labute approximate surface area is 170 Å². The summed E-state index contributed by atoms with van der Waals surface area (Å²) in [7, 11) is 0. The summed E-state index contributed by atoms with van der Waals surface area (Å²) in [5.41, 5.74) is 5.82. The minimum absolute atomic E-state index is 0.296. The van der Waals surface area contributed by atoms with Crippen molar-refractivity contribution in [1.29, 1.82) is 0 Å².